The molecule has 5 rings (SSSR count). The van der Waals surface area contributed by atoms with Crippen LogP contribution < -0.4 is 0 Å². The average molecular weight is 548 g/mol. The van der Waals surface area contributed by atoms with Crippen molar-refractivity contribution >= 4 is 34.8 Å². The highest BCUT2D eigenvalue weighted by Crippen LogP contribution is 2.43. The van der Waals surface area contributed by atoms with Crippen LogP contribution in [-0.4, -0.2) is 50.1 Å². The van der Waals surface area contributed by atoms with Gasteiger partial charge < -0.3 is 4.90 Å². The number of hydrogen-bond acceptors (Lipinski definition) is 3. The highest BCUT2D eigenvalue weighted by molar-refractivity contribution is 7.88. The summed E-state index contributed by atoms with van der Waals surface area (Å²) in [4.78, 5) is 2.59. The first kappa shape index (κ1) is 28.7. The lowest BCUT2D eigenvalue weighted by Gasteiger charge is -2.44. The minimum absolute atomic E-state index is 0. The molecule has 4 nitrogen and oxygen atoms in total. The van der Waals surface area contributed by atoms with E-state index in [0.717, 1.165) is 50.9 Å². The van der Waals surface area contributed by atoms with Crippen LogP contribution in [0, 0.1) is 0 Å². The Morgan fingerprint density at radius 2 is 1.33 bits per heavy atom. The summed E-state index contributed by atoms with van der Waals surface area (Å²) in [5, 5.41) is 0. The van der Waals surface area contributed by atoms with Gasteiger partial charge in [-0.3, -0.25) is 0 Å². The number of hydrogen-bond donors (Lipinski definition) is 0. The van der Waals surface area contributed by atoms with Gasteiger partial charge >= 0.3 is 0 Å². The maximum atomic E-state index is 12.7. The molecule has 0 N–H and O–H groups in total. The lowest BCUT2D eigenvalue weighted by molar-refractivity contribution is 0.247. The van der Waals surface area contributed by atoms with E-state index in [9.17, 15) is 8.42 Å². The van der Waals surface area contributed by atoms with E-state index in [0.29, 0.717) is 13.1 Å². The van der Waals surface area contributed by atoms with E-state index < -0.39 is 10.0 Å². The van der Waals surface area contributed by atoms with Gasteiger partial charge in [0.1, 0.15) is 0 Å². The van der Waals surface area contributed by atoms with E-state index in [1.165, 1.54) is 28.5 Å². The SMILES string of the molecule is CS(=O)(=O)N1Cc2ccccc2C(CCCN2CCc3ccccc3CC2)(c2ccccc2)C1.Cl.Cl. The van der Waals surface area contributed by atoms with Gasteiger partial charge in [0.2, 0.25) is 10.0 Å². The van der Waals surface area contributed by atoms with Gasteiger partial charge in [-0.05, 0) is 60.0 Å². The second-order valence-corrected chi connectivity index (χ2v) is 11.8. The van der Waals surface area contributed by atoms with Crippen LogP contribution in [0.4, 0.5) is 0 Å². The fourth-order valence-corrected chi connectivity index (χ4v) is 6.72. The summed E-state index contributed by atoms with van der Waals surface area (Å²) in [6.07, 6.45) is 5.49. The molecule has 2 heterocycles. The van der Waals surface area contributed by atoms with Crippen molar-refractivity contribution in [3.05, 3.63) is 107 Å². The van der Waals surface area contributed by atoms with Gasteiger partial charge in [0, 0.05) is 31.6 Å². The first-order valence-electron chi connectivity index (χ1n) is 12.3. The molecule has 0 radical (unpaired) electrons. The smallest absolute Gasteiger partial charge is 0.211 e. The molecule has 194 valence electrons. The Labute approximate surface area is 228 Å². The van der Waals surface area contributed by atoms with Gasteiger partial charge in [0.05, 0.1) is 6.26 Å². The summed E-state index contributed by atoms with van der Waals surface area (Å²) in [5.41, 5.74) is 6.23. The standard InChI is InChI=1S/C29H34N2O2S.2ClH/c1-34(32,33)31-22-26-12-7-8-15-28(26)29(23-31,27-13-3-2-4-14-27)18-9-19-30-20-16-24-10-5-6-11-25(24)17-21-30;;/h2-8,10-15H,9,16-23H2,1H3;2*1H. The second-order valence-electron chi connectivity index (χ2n) is 9.85. The molecule has 0 saturated carbocycles. The molecule has 0 saturated heterocycles. The normalized spacial score (nSPS) is 20.2. The molecule has 0 aromatic heterocycles. The first-order chi connectivity index (χ1) is 16.5. The molecule has 3 aromatic rings. The zero-order chi connectivity index (χ0) is 23.6. The lowest BCUT2D eigenvalue weighted by atomic mass is 9.68. The summed E-state index contributed by atoms with van der Waals surface area (Å²) in [7, 11) is -3.31. The Kier molecular flexibility index (Phi) is 9.64. The van der Waals surface area contributed by atoms with Gasteiger partial charge in [0.25, 0.3) is 0 Å². The summed E-state index contributed by atoms with van der Waals surface area (Å²) in [6, 6.07) is 27.8. The van der Waals surface area contributed by atoms with E-state index in [1.807, 2.05) is 12.1 Å². The quantitative estimate of drug-likeness (QED) is 0.411. The number of halogens is 2. The zero-order valence-corrected chi connectivity index (χ0v) is 23.3. The summed E-state index contributed by atoms with van der Waals surface area (Å²) >= 11 is 0. The molecule has 2 aliphatic rings. The Morgan fingerprint density at radius 1 is 0.778 bits per heavy atom. The topological polar surface area (TPSA) is 40.6 Å². The highest BCUT2D eigenvalue weighted by atomic mass is 35.5. The number of fused-ring (bicyclic) bond motifs is 2. The molecule has 0 amide bonds. The first-order valence-corrected chi connectivity index (χ1v) is 14.2. The Morgan fingerprint density at radius 3 is 1.94 bits per heavy atom. The third-order valence-electron chi connectivity index (χ3n) is 7.71. The van der Waals surface area contributed by atoms with E-state index in [4.69, 9.17) is 0 Å². The van der Waals surface area contributed by atoms with Crippen LogP contribution >= 0.6 is 24.8 Å². The fraction of sp³-hybridized carbons (Fsp3) is 0.379. The van der Waals surface area contributed by atoms with Crippen molar-refractivity contribution in [2.45, 2.75) is 37.6 Å². The molecular weight excluding hydrogens is 511 g/mol. The maximum absolute atomic E-state index is 12.7. The number of benzene rings is 3. The van der Waals surface area contributed by atoms with Crippen molar-refractivity contribution in [2.24, 2.45) is 0 Å². The number of nitrogens with zero attached hydrogens (tertiary/aromatic N) is 2. The monoisotopic (exact) mass is 546 g/mol. The van der Waals surface area contributed by atoms with Crippen molar-refractivity contribution in [3.8, 4) is 0 Å². The van der Waals surface area contributed by atoms with Gasteiger partial charge in [-0.2, -0.15) is 4.31 Å². The Bertz CT molecular complexity index is 1230. The largest absolute Gasteiger partial charge is 0.303 e. The molecule has 0 fully saturated rings. The van der Waals surface area contributed by atoms with Crippen LogP contribution in [0.1, 0.15) is 40.7 Å². The van der Waals surface area contributed by atoms with Gasteiger partial charge in [0.15, 0.2) is 0 Å². The van der Waals surface area contributed by atoms with E-state index in [-0.39, 0.29) is 30.2 Å². The van der Waals surface area contributed by atoms with Crippen molar-refractivity contribution < 1.29 is 8.42 Å². The van der Waals surface area contributed by atoms with Crippen LogP contribution in [0.15, 0.2) is 78.9 Å². The molecule has 2 aliphatic heterocycles. The van der Waals surface area contributed by atoms with Gasteiger partial charge in [-0.25, -0.2) is 8.42 Å². The molecule has 1 atom stereocenters. The molecule has 0 bridgehead atoms. The van der Waals surface area contributed by atoms with Crippen molar-refractivity contribution in [3.63, 3.8) is 0 Å². The van der Waals surface area contributed by atoms with Crippen LogP contribution in [0.5, 0.6) is 0 Å². The number of rotatable bonds is 6. The highest BCUT2D eigenvalue weighted by Gasteiger charge is 2.43. The molecule has 3 aromatic carbocycles. The van der Waals surface area contributed by atoms with Crippen molar-refractivity contribution in [1.29, 1.82) is 0 Å². The van der Waals surface area contributed by atoms with Crippen LogP contribution in [0.2, 0.25) is 0 Å². The maximum Gasteiger partial charge on any atom is 0.211 e. The third-order valence-corrected chi connectivity index (χ3v) is 8.91. The van der Waals surface area contributed by atoms with Crippen molar-refractivity contribution in [2.75, 3.05) is 32.4 Å². The Balaban J connectivity index is 0.00000180. The van der Waals surface area contributed by atoms with Gasteiger partial charge in [-0.1, -0.05) is 78.9 Å². The predicted molar refractivity (Wildman–Crippen MR) is 153 cm³/mol. The van der Waals surface area contributed by atoms with Crippen LogP contribution in [0.3, 0.4) is 0 Å². The number of sulfonamides is 1. The lowest BCUT2D eigenvalue weighted by Crippen LogP contribution is -2.48. The van der Waals surface area contributed by atoms with E-state index in [2.05, 4.69) is 71.6 Å². The summed E-state index contributed by atoms with van der Waals surface area (Å²) in [6.45, 7) is 4.15. The van der Waals surface area contributed by atoms with Crippen molar-refractivity contribution in [1.82, 2.24) is 9.21 Å². The third kappa shape index (κ3) is 5.98. The molecular formula is C29H36Cl2N2O2S. The molecule has 7 heteroatoms. The predicted octanol–water partition coefficient (Wildman–Crippen LogP) is 5.47. The Hall–Kier alpha value is -1.89. The summed E-state index contributed by atoms with van der Waals surface area (Å²) < 4.78 is 27.1. The molecule has 1 unspecified atom stereocenters. The zero-order valence-electron chi connectivity index (χ0n) is 20.8. The fourth-order valence-electron chi connectivity index (χ4n) is 5.90. The second kappa shape index (κ2) is 12.1. The molecule has 0 spiro atoms. The minimum atomic E-state index is -3.31. The average Bonchev–Trinajstić information content (AvgIpc) is 3.06. The minimum Gasteiger partial charge on any atom is -0.303 e. The summed E-state index contributed by atoms with van der Waals surface area (Å²) in [5.74, 6) is 0. The van der Waals surface area contributed by atoms with E-state index >= 15 is 0 Å². The molecule has 36 heavy (non-hydrogen) atoms. The van der Waals surface area contributed by atoms with Crippen LogP contribution in [-0.2, 0) is 34.8 Å². The van der Waals surface area contributed by atoms with E-state index in [1.54, 1.807) is 4.31 Å². The van der Waals surface area contributed by atoms with Crippen LogP contribution in [0.25, 0.3) is 0 Å². The molecule has 0 aliphatic carbocycles. The van der Waals surface area contributed by atoms with Gasteiger partial charge in [-0.15, -0.1) is 24.8 Å².